The van der Waals surface area contributed by atoms with E-state index in [0.29, 0.717) is 28.0 Å². The lowest BCUT2D eigenvalue weighted by Gasteiger charge is -2.09. The van der Waals surface area contributed by atoms with Gasteiger partial charge in [-0.3, -0.25) is 4.79 Å². The Hall–Kier alpha value is -2.21. The number of carbonyl (C=O) groups is 1. The van der Waals surface area contributed by atoms with Crippen LogP contribution in [0.25, 0.3) is 0 Å². The summed E-state index contributed by atoms with van der Waals surface area (Å²) in [4.78, 5) is 12.0. The zero-order chi connectivity index (χ0) is 15.4. The van der Waals surface area contributed by atoms with Crippen molar-refractivity contribution in [2.45, 2.75) is 6.54 Å². The first-order valence-corrected chi connectivity index (χ1v) is 6.99. The van der Waals surface area contributed by atoms with Gasteiger partial charge in [-0.2, -0.15) is 0 Å². The molecule has 1 amide bonds. The number of aromatic hydroxyl groups is 1. The summed E-state index contributed by atoms with van der Waals surface area (Å²) >= 11 is 3.17. The van der Waals surface area contributed by atoms with Gasteiger partial charge in [0.25, 0.3) is 5.91 Å². The third-order valence-corrected chi connectivity index (χ3v) is 3.63. The number of anilines is 1. The number of benzene rings is 2. The average molecular weight is 351 g/mol. The first kappa shape index (κ1) is 15.2. The van der Waals surface area contributed by atoms with Gasteiger partial charge in [0, 0.05) is 12.1 Å². The summed E-state index contributed by atoms with van der Waals surface area (Å²) in [5.74, 6) is 0.353. The van der Waals surface area contributed by atoms with Gasteiger partial charge in [0.15, 0.2) is 0 Å². The highest BCUT2D eigenvalue weighted by atomic mass is 79.9. The van der Waals surface area contributed by atoms with Crippen molar-refractivity contribution in [3.8, 4) is 11.5 Å². The summed E-state index contributed by atoms with van der Waals surface area (Å²) in [5.41, 5.74) is 7.58. The number of hydrogen-bond donors (Lipinski definition) is 3. The van der Waals surface area contributed by atoms with E-state index in [4.69, 9.17) is 10.5 Å². The number of halogens is 1. The molecule has 4 N–H and O–H groups in total. The number of nitrogens with two attached hydrogens (primary N) is 1. The van der Waals surface area contributed by atoms with Gasteiger partial charge in [0.05, 0.1) is 17.3 Å². The first-order chi connectivity index (χ1) is 10.0. The van der Waals surface area contributed by atoms with Crippen LogP contribution in [0, 0.1) is 0 Å². The van der Waals surface area contributed by atoms with Crippen molar-refractivity contribution in [3.05, 3.63) is 52.0 Å². The Bertz CT molecular complexity index is 674. The molecule has 0 aliphatic rings. The summed E-state index contributed by atoms with van der Waals surface area (Å²) in [7, 11) is 1.55. The normalized spacial score (nSPS) is 10.2. The third kappa shape index (κ3) is 3.66. The number of methoxy groups -OCH3 is 1. The number of phenolic OH excluding ortho intramolecular Hbond substituents is 1. The van der Waals surface area contributed by atoms with Crippen LogP contribution in [0.1, 0.15) is 15.9 Å². The number of hydrogen-bond acceptors (Lipinski definition) is 4. The molecule has 5 nitrogen and oxygen atoms in total. The topological polar surface area (TPSA) is 84.6 Å². The second kappa shape index (κ2) is 6.49. The minimum atomic E-state index is -0.271. The average Bonchev–Trinajstić information content (AvgIpc) is 2.47. The highest BCUT2D eigenvalue weighted by molar-refractivity contribution is 9.10. The van der Waals surface area contributed by atoms with Gasteiger partial charge in [-0.05, 0) is 51.8 Å². The van der Waals surface area contributed by atoms with Crippen LogP contribution in [0.15, 0.2) is 40.9 Å². The molecule has 2 rings (SSSR count). The maximum absolute atomic E-state index is 12.0. The smallest absolute Gasteiger partial charge is 0.251 e. The Kier molecular flexibility index (Phi) is 4.70. The second-order valence-corrected chi connectivity index (χ2v) is 5.28. The molecule has 6 heteroatoms. The zero-order valence-corrected chi connectivity index (χ0v) is 13.0. The molecular weight excluding hydrogens is 336 g/mol. The van der Waals surface area contributed by atoms with Gasteiger partial charge in [-0.1, -0.05) is 6.07 Å². The molecular formula is C15H15BrN2O3. The van der Waals surface area contributed by atoms with Crippen molar-refractivity contribution in [3.63, 3.8) is 0 Å². The summed E-state index contributed by atoms with van der Waals surface area (Å²) in [6.45, 7) is 0.337. The van der Waals surface area contributed by atoms with Crippen molar-refractivity contribution in [1.82, 2.24) is 5.32 Å². The van der Waals surface area contributed by atoms with Crippen LogP contribution in [0.3, 0.4) is 0 Å². The van der Waals surface area contributed by atoms with Crippen molar-refractivity contribution in [2.75, 3.05) is 12.8 Å². The molecule has 0 bridgehead atoms. The van der Waals surface area contributed by atoms with E-state index in [1.165, 1.54) is 6.07 Å². The van der Waals surface area contributed by atoms with E-state index in [9.17, 15) is 9.90 Å². The minimum absolute atomic E-state index is 0.0244. The fourth-order valence-electron chi connectivity index (χ4n) is 1.83. The van der Waals surface area contributed by atoms with E-state index in [1.807, 2.05) is 6.07 Å². The van der Waals surface area contributed by atoms with E-state index in [-0.39, 0.29) is 11.7 Å². The van der Waals surface area contributed by atoms with Crippen LogP contribution in [-0.2, 0) is 6.54 Å². The molecule has 0 spiro atoms. The number of rotatable bonds is 4. The first-order valence-electron chi connectivity index (χ1n) is 6.20. The van der Waals surface area contributed by atoms with Gasteiger partial charge in [-0.15, -0.1) is 0 Å². The third-order valence-electron chi connectivity index (χ3n) is 2.96. The van der Waals surface area contributed by atoms with Crippen LogP contribution >= 0.6 is 15.9 Å². The number of amides is 1. The highest BCUT2D eigenvalue weighted by Gasteiger charge is 2.08. The molecule has 0 fully saturated rings. The predicted octanol–water partition coefficient (Wildman–Crippen LogP) is 2.68. The van der Waals surface area contributed by atoms with Crippen molar-refractivity contribution in [1.29, 1.82) is 0 Å². The number of nitrogens with one attached hydrogen (secondary N) is 1. The van der Waals surface area contributed by atoms with E-state index in [2.05, 4.69) is 21.2 Å². The van der Waals surface area contributed by atoms with Crippen LogP contribution < -0.4 is 15.8 Å². The number of nitrogen functional groups attached to an aromatic ring is 1. The Morgan fingerprint density at radius 1 is 1.33 bits per heavy atom. The van der Waals surface area contributed by atoms with E-state index in [1.54, 1.807) is 31.4 Å². The second-order valence-electron chi connectivity index (χ2n) is 4.43. The molecule has 2 aromatic carbocycles. The summed E-state index contributed by atoms with van der Waals surface area (Å²) in [6.07, 6.45) is 0. The monoisotopic (exact) mass is 350 g/mol. The fraction of sp³-hybridized carbons (Fsp3) is 0.133. The van der Waals surface area contributed by atoms with Crippen molar-refractivity contribution < 1.29 is 14.6 Å². The Labute approximate surface area is 130 Å². The molecule has 0 aliphatic carbocycles. The lowest BCUT2D eigenvalue weighted by molar-refractivity contribution is 0.0950. The van der Waals surface area contributed by atoms with Crippen molar-refractivity contribution in [2.24, 2.45) is 0 Å². The molecule has 0 atom stereocenters. The van der Waals surface area contributed by atoms with E-state index in [0.717, 1.165) is 5.56 Å². The van der Waals surface area contributed by atoms with Gasteiger partial charge >= 0.3 is 0 Å². The quantitative estimate of drug-likeness (QED) is 0.740. The Balaban J connectivity index is 2.03. The van der Waals surface area contributed by atoms with Crippen LogP contribution in [0.2, 0.25) is 0 Å². The number of ether oxygens (including phenoxy) is 1. The van der Waals surface area contributed by atoms with Crippen LogP contribution in [0.5, 0.6) is 11.5 Å². The summed E-state index contributed by atoms with van der Waals surface area (Å²) < 4.78 is 5.62. The molecule has 0 aliphatic heterocycles. The molecule has 0 unspecified atom stereocenters. The molecule has 110 valence electrons. The predicted molar refractivity (Wildman–Crippen MR) is 84.4 cm³/mol. The molecule has 2 aromatic rings. The summed E-state index contributed by atoms with van der Waals surface area (Å²) in [6, 6.07) is 9.98. The van der Waals surface area contributed by atoms with Crippen LogP contribution in [0.4, 0.5) is 5.69 Å². The number of carbonyl (C=O) groups excluding carboxylic acids is 1. The van der Waals surface area contributed by atoms with Crippen molar-refractivity contribution >= 4 is 27.5 Å². The lowest BCUT2D eigenvalue weighted by Crippen LogP contribution is -2.22. The largest absolute Gasteiger partial charge is 0.507 e. The minimum Gasteiger partial charge on any atom is -0.507 e. The molecule has 0 radical (unpaired) electrons. The Morgan fingerprint density at radius 3 is 2.71 bits per heavy atom. The maximum Gasteiger partial charge on any atom is 0.251 e. The lowest BCUT2D eigenvalue weighted by atomic mass is 10.1. The van der Waals surface area contributed by atoms with Gasteiger partial charge < -0.3 is 20.9 Å². The molecule has 21 heavy (non-hydrogen) atoms. The SMILES string of the molecule is COc1ccc(CNC(=O)c2ccc(Br)c(O)c2)cc1N. The fourth-order valence-corrected chi connectivity index (χ4v) is 2.08. The number of phenols is 1. The van der Waals surface area contributed by atoms with Gasteiger partial charge in [-0.25, -0.2) is 0 Å². The molecule has 0 heterocycles. The molecule has 0 aromatic heterocycles. The highest BCUT2D eigenvalue weighted by Crippen LogP contribution is 2.24. The molecule has 0 saturated carbocycles. The van der Waals surface area contributed by atoms with Gasteiger partial charge in [0.1, 0.15) is 11.5 Å². The van der Waals surface area contributed by atoms with E-state index < -0.39 is 0 Å². The maximum atomic E-state index is 12.0. The molecule has 0 saturated heterocycles. The standard InChI is InChI=1S/C15H15BrN2O3/c1-21-14-5-2-9(6-12(14)17)8-18-15(20)10-3-4-11(16)13(19)7-10/h2-7,19H,8,17H2,1H3,(H,18,20). The Morgan fingerprint density at radius 2 is 2.10 bits per heavy atom. The van der Waals surface area contributed by atoms with E-state index >= 15 is 0 Å². The van der Waals surface area contributed by atoms with Gasteiger partial charge in [0.2, 0.25) is 0 Å². The zero-order valence-electron chi connectivity index (χ0n) is 11.4. The van der Waals surface area contributed by atoms with Crippen LogP contribution in [-0.4, -0.2) is 18.1 Å². The summed E-state index contributed by atoms with van der Waals surface area (Å²) in [5, 5.41) is 12.3.